The topological polar surface area (TPSA) is 81.1 Å². The summed E-state index contributed by atoms with van der Waals surface area (Å²) in [6.45, 7) is 0. The van der Waals surface area contributed by atoms with Crippen LogP contribution in [0.1, 0.15) is 29.6 Å². The second-order valence-corrected chi connectivity index (χ2v) is 4.47. The van der Waals surface area contributed by atoms with E-state index in [1.807, 2.05) is 0 Å². The highest BCUT2D eigenvalue weighted by Gasteiger charge is 2.22. The Hall–Kier alpha value is -1.62. The highest BCUT2D eigenvalue weighted by Crippen LogP contribution is 2.24. The Morgan fingerprint density at radius 2 is 2.18 bits per heavy atom. The van der Waals surface area contributed by atoms with Crippen LogP contribution in [0.2, 0.25) is 0 Å². The molecular formula is C12H16FN3O. The lowest BCUT2D eigenvalue weighted by atomic mass is 10.1. The highest BCUT2D eigenvalue weighted by atomic mass is 19.1. The summed E-state index contributed by atoms with van der Waals surface area (Å²) in [6, 6.07) is 4.42. The van der Waals surface area contributed by atoms with E-state index in [0.29, 0.717) is 11.3 Å². The number of nitrogens with one attached hydrogen (secondary N) is 1. The third-order valence-electron chi connectivity index (χ3n) is 3.08. The van der Waals surface area contributed by atoms with E-state index in [1.54, 1.807) is 0 Å². The summed E-state index contributed by atoms with van der Waals surface area (Å²) in [5, 5.41) is 3.07. The first-order valence-electron chi connectivity index (χ1n) is 5.67. The SMILES string of the molecule is NC(=O)c1ccc(F)c(NC2CCC(N)C2)c1. The summed E-state index contributed by atoms with van der Waals surface area (Å²) in [4.78, 5) is 11.0. The fraction of sp³-hybridized carbons (Fsp3) is 0.417. The molecule has 2 rings (SSSR count). The van der Waals surface area contributed by atoms with Gasteiger partial charge in [-0.1, -0.05) is 0 Å². The third-order valence-corrected chi connectivity index (χ3v) is 3.08. The van der Waals surface area contributed by atoms with Crippen molar-refractivity contribution >= 4 is 11.6 Å². The predicted molar refractivity (Wildman–Crippen MR) is 64.2 cm³/mol. The second-order valence-electron chi connectivity index (χ2n) is 4.47. The van der Waals surface area contributed by atoms with Crippen molar-refractivity contribution in [2.75, 3.05) is 5.32 Å². The van der Waals surface area contributed by atoms with Crippen molar-refractivity contribution in [1.82, 2.24) is 0 Å². The molecule has 1 aliphatic rings. The summed E-state index contributed by atoms with van der Waals surface area (Å²) in [6.07, 6.45) is 2.68. The minimum atomic E-state index is -0.559. The minimum absolute atomic E-state index is 0.169. The maximum absolute atomic E-state index is 13.5. The summed E-state index contributed by atoms with van der Waals surface area (Å²) in [5.41, 5.74) is 11.6. The van der Waals surface area contributed by atoms with Crippen molar-refractivity contribution in [2.45, 2.75) is 31.3 Å². The number of hydrogen-bond donors (Lipinski definition) is 3. The fourth-order valence-electron chi connectivity index (χ4n) is 2.16. The molecule has 0 radical (unpaired) electrons. The van der Waals surface area contributed by atoms with Gasteiger partial charge in [0.05, 0.1) is 5.69 Å². The van der Waals surface area contributed by atoms with E-state index in [4.69, 9.17) is 11.5 Å². The first-order valence-corrected chi connectivity index (χ1v) is 5.67. The van der Waals surface area contributed by atoms with Gasteiger partial charge in [0.1, 0.15) is 5.82 Å². The lowest BCUT2D eigenvalue weighted by Gasteiger charge is -2.15. The van der Waals surface area contributed by atoms with Crippen LogP contribution in [0.5, 0.6) is 0 Å². The van der Waals surface area contributed by atoms with Crippen LogP contribution in [0.15, 0.2) is 18.2 Å². The number of amides is 1. The van der Waals surface area contributed by atoms with E-state index >= 15 is 0 Å². The summed E-state index contributed by atoms with van der Waals surface area (Å²) in [7, 11) is 0. The summed E-state index contributed by atoms with van der Waals surface area (Å²) >= 11 is 0. The maximum Gasteiger partial charge on any atom is 0.248 e. The number of rotatable bonds is 3. The van der Waals surface area contributed by atoms with E-state index in [2.05, 4.69) is 5.32 Å². The largest absolute Gasteiger partial charge is 0.380 e. The molecule has 5 heteroatoms. The summed E-state index contributed by atoms with van der Waals surface area (Å²) < 4.78 is 13.5. The Labute approximate surface area is 99.2 Å². The van der Waals surface area contributed by atoms with Crippen LogP contribution in [-0.2, 0) is 0 Å². The van der Waals surface area contributed by atoms with Crippen LogP contribution in [0.4, 0.5) is 10.1 Å². The third kappa shape index (κ3) is 2.74. The smallest absolute Gasteiger partial charge is 0.248 e. The average molecular weight is 237 g/mol. The molecule has 0 aromatic heterocycles. The normalized spacial score (nSPS) is 23.6. The molecule has 2 atom stereocenters. The Kier molecular flexibility index (Phi) is 3.28. The van der Waals surface area contributed by atoms with Gasteiger partial charge in [0.2, 0.25) is 5.91 Å². The zero-order chi connectivity index (χ0) is 12.4. The lowest BCUT2D eigenvalue weighted by Crippen LogP contribution is -2.21. The Balaban J connectivity index is 2.14. The molecule has 1 aromatic rings. The van der Waals surface area contributed by atoms with E-state index in [9.17, 15) is 9.18 Å². The van der Waals surface area contributed by atoms with Crippen LogP contribution in [0, 0.1) is 5.82 Å². The molecule has 4 nitrogen and oxygen atoms in total. The van der Waals surface area contributed by atoms with Crippen LogP contribution < -0.4 is 16.8 Å². The van der Waals surface area contributed by atoms with Crippen molar-refractivity contribution in [1.29, 1.82) is 0 Å². The number of benzene rings is 1. The quantitative estimate of drug-likeness (QED) is 0.739. The predicted octanol–water partition coefficient (Wildman–Crippen LogP) is 1.22. The van der Waals surface area contributed by atoms with Gasteiger partial charge in [-0.25, -0.2) is 4.39 Å². The van der Waals surface area contributed by atoms with Gasteiger partial charge in [-0.3, -0.25) is 4.79 Å². The fourth-order valence-corrected chi connectivity index (χ4v) is 2.16. The Morgan fingerprint density at radius 1 is 1.41 bits per heavy atom. The molecule has 0 saturated heterocycles. The van der Waals surface area contributed by atoms with Gasteiger partial charge in [0, 0.05) is 17.6 Å². The number of hydrogen-bond acceptors (Lipinski definition) is 3. The molecule has 0 bridgehead atoms. The molecule has 0 heterocycles. The van der Waals surface area contributed by atoms with Gasteiger partial charge in [0.25, 0.3) is 0 Å². The number of anilines is 1. The molecule has 1 aliphatic carbocycles. The van der Waals surface area contributed by atoms with Gasteiger partial charge >= 0.3 is 0 Å². The standard InChI is InChI=1S/C12H16FN3O/c13-10-4-1-7(12(15)17)5-11(10)16-9-3-2-8(14)6-9/h1,4-5,8-9,16H,2-3,6,14H2,(H2,15,17). The van der Waals surface area contributed by atoms with Gasteiger partial charge in [-0.15, -0.1) is 0 Å². The van der Waals surface area contributed by atoms with E-state index in [-0.39, 0.29) is 17.9 Å². The number of halogens is 1. The Morgan fingerprint density at radius 3 is 2.76 bits per heavy atom. The van der Waals surface area contributed by atoms with E-state index < -0.39 is 5.91 Å². The monoisotopic (exact) mass is 237 g/mol. The second kappa shape index (κ2) is 4.71. The lowest BCUT2D eigenvalue weighted by molar-refractivity contribution is 0.100. The molecular weight excluding hydrogens is 221 g/mol. The van der Waals surface area contributed by atoms with E-state index in [0.717, 1.165) is 19.3 Å². The number of carbonyl (C=O) groups is 1. The number of nitrogens with two attached hydrogens (primary N) is 2. The molecule has 5 N–H and O–H groups in total. The molecule has 1 fully saturated rings. The van der Waals surface area contributed by atoms with Gasteiger partial charge < -0.3 is 16.8 Å². The average Bonchev–Trinajstić information content (AvgIpc) is 2.67. The van der Waals surface area contributed by atoms with Crippen LogP contribution >= 0.6 is 0 Å². The van der Waals surface area contributed by atoms with Gasteiger partial charge in [-0.05, 0) is 37.5 Å². The van der Waals surface area contributed by atoms with Crippen molar-refractivity contribution in [2.24, 2.45) is 11.5 Å². The zero-order valence-corrected chi connectivity index (χ0v) is 9.45. The van der Waals surface area contributed by atoms with Crippen molar-refractivity contribution in [3.05, 3.63) is 29.6 Å². The summed E-state index contributed by atoms with van der Waals surface area (Å²) in [5.74, 6) is -0.938. The molecule has 2 unspecified atom stereocenters. The molecule has 1 aromatic carbocycles. The first kappa shape index (κ1) is 11.9. The highest BCUT2D eigenvalue weighted by molar-refractivity contribution is 5.93. The van der Waals surface area contributed by atoms with Crippen LogP contribution in [0.3, 0.4) is 0 Å². The van der Waals surface area contributed by atoms with Crippen molar-refractivity contribution < 1.29 is 9.18 Å². The van der Waals surface area contributed by atoms with Crippen LogP contribution in [-0.4, -0.2) is 18.0 Å². The molecule has 92 valence electrons. The molecule has 0 spiro atoms. The minimum Gasteiger partial charge on any atom is -0.380 e. The van der Waals surface area contributed by atoms with E-state index in [1.165, 1.54) is 18.2 Å². The van der Waals surface area contributed by atoms with Crippen molar-refractivity contribution in [3.63, 3.8) is 0 Å². The molecule has 1 saturated carbocycles. The van der Waals surface area contributed by atoms with Crippen molar-refractivity contribution in [3.8, 4) is 0 Å². The molecule has 17 heavy (non-hydrogen) atoms. The Bertz CT molecular complexity index is 436. The number of primary amides is 1. The van der Waals surface area contributed by atoms with Gasteiger partial charge in [0.15, 0.2) is 0 Å². The molecule has 1 amide bonds. The first-order chi connectivity index (χ1) is 8.06. The van der Waals surface area contributed by atoms with Crippen LogP contribution in [0.25, 0.3) is 0 Å². The maximum atomic E-state index is 13.5. The van der Waals surface area contributed by atoms with Gasteiger partial charge in [-0.2, -0.15) is 0 Å². The number of carbonyl (C=O) groups excluding carboxylic acids is 1. The zero-order valence-electron chi connectivity index (χ0n) is 9.45. The molecule has 0 aliphatic heterocycles.